The Labute approximate surface area is 203 Å². The Morgan fingerprint density at radius 2 is 1.65 bits per heavy atom. The lowest BCUT2D eigenvalue weighted by molar-refractivity contribution is 0.269. The summed E-state index contributed by atoms with van der Waals surface area (Å²) in [7, 11) is 0. The highest BCUT2D eigenvalue weighted by Crippen LogP contribution is 2.37. The van der Waals surface area contributed by atoms with Crippen LogP contribution in [0.25, 0.3) is 0 Å². The summed E-state index contributed by atoms with van der Waals surface area (Å²) in [6.07, 6.45) is 1.10. The van der Waals surface area contributed by atoms with Crippen molar-refractivity contribution in [2.45, 2.75) is 40.3 Å². The van der Waals surface area contributed by atoms with E-state index in [0.717, 1.165) is 50.3 Å². The number of hydrogen-bond donors (Lipinski definition) is 1. The van der Waals surface area contributed by atoms with Gasteiger partial charge in [0, 0.05) is 6.54 Å². The molecule has 0 radical (unpaired) electrons. The number of halogens is 4. The normalized spacial score (nSPS) is 10.4. The Morgan fingerprint density at radius 3 is 2.26 bits per heavy atom. The Hall–Kier alpha value is -1.24. The highest BCUT2D eigenvalue weighted by atomic mass is 35.5. The number of nitrogens with zero attached hydrogens (tertiary/aromatic N) is 1. The van der Waals surface area contributed by atoms with E-state index in [9.17, 15) is 4.39 Å². The van der Waals surface area contributed by atoms with Crippen molar-refractivity contribution in [3.8, 4) is 11.5 Å². The second-order valence-corrected chi connectivity index (χ2v) is 7.22. The Balaban J connectivity index is 0.00000450. The fourth-order valence-electron chi connectivity index (χ4n) is 3.06. The molecule has 0 aromatic heterocycles. The van der Waals surface area contributed by atoms with Crippen molar-refractivity contribution < 1.29 is 13.9 Å². The highest BCUT2D eigenvalue weighted by Gasteiger charge is 2.13. The first-order valence-electron chi connectivity index (χ1n) is 10.3. The molecule has 0 atom stereocenters. The van der Waals surface area contributed by atoms with Crippen molar-refractivity contribution in [2.75, 3.05) is 32.8 Å². The molecule has 2 aromatic rings. The summed E-state index contributed by atoms with van der Waals surface area (Å²) in [6.45, 7) is 12.1. The maximum absolute atomic E-state index is 13.1. The molecule has 0 saturated carbocycles. The molecule has 176 valence electrons. The summed E-state index contributed by atoms with van der Waals surface area (Å²) in [5.41, 5.74) is 1.92. The van der Waals surface area contributed by atoms with E-state index in [-0.39, 0.29) is 30.6 Å². The van der Waals surface area contributed by atoms with Crippen LogP contribution < -0.4 is 14.8 Å². The van der Waals surface area contributed by atoms with Gasteiger partial charge < -0.3 is 19.7 Å². The van der Waals surface area contributed by atoms with Gasteiger partial charge in [0.25, 0.3) is 0 Å². The molecule has 0 amide bonds. The highest BCUT2D eigenvalue weighted by molar-refractivity contribution is 6.32. The van der Waals surface area contributed by atoms with Crippen molar-refractivity contribution >= 4 is 36.4 Å². The van der Waals surface area contributed by atoms with Gasteiger partial charge in [0.1, 0.15) is 12.4 Å². The lowest BCUT2D eigenvalue weighted by atomic mass is 10.2. The Morgan fingerprint density at radius 1 is 0.968 bits per heavy atom. The van der Waals surface area contributed by atoms with Crippen LogP contribution in [-0.4, -0.2) is 37.7 Å². The molecule has 0 heterocycles. The van der Waals surface area contributed by atoms with Crippen molar-refractivity contribution in [1.82, 2.24) is 10.2 Å². The first kappa shape index (κ1) is 29.8. The fourth-order valence-corrected chi connectivity index (χ4v) is 3.35. The van der Waals surface area contributed by atoms with Crippen LogP contribution >= 0.6 is 36.4 Å². The predicted molar refractivity (Wildman–Crippen MR) is 132 cm³/mol. The molecule has 2 aromatic carbocycles. The minimum atomic E-state index is -0.268. The van der Waals surface area contributed by atoms with Gasteiger partial charge in [-0.25, -0.2) is 4.39 Å². The third kappa shape index (κ3) is 10.3. The van der Waals surface area contributed by atoms with E-state index in [1.54, 1.807) is 12.1 Å². The lowest BCUT2D eigenvalue weighted by Gasteiger charge is -2.18. The van der Waals surface area contributed by atoms with Crippen LogP contribution in [0.15, 0.2) is 36.4 Å². The van der Waals surface area contributed by atoms with Crippen molar-refractivity contribution in [3.63, 3.8) is 0 Å². The van der Waals surface area contributed by atoms with E-state index in [2.05, 4.69) is 24.1 Å². The maximum Gasteiger partial charge on any atom is 0.180 e. The maximum atomic E-state index is 13.1. The zero-order chi connectivity index (χ0) is 21.1. The SMILES string of the molecule is CCOc1cc(CNCCCN(CC)CC)cc(Cl)c1OCc1ccc(F)cc1.Cl.Cl. The number of benzene rings is 2. The predicted octanol–water partition coefficient (Wildman–Crippen LogP) is 6.12. The first-order valence-corrected chi connectivity index (χ1v) is 10.7. The second-order valence-electron chi connectivity index (χ2n) is 6.81. The van der Waals surface area contributed by atoms with Crippen LogP contribution in [0.2, 0.25) is 5.02 Å². The van der Waals surface area contributed by atoms with E-state index in [0.29, 0.717) is 29.7 Å². The lowest BCUT2D eigenvalue weighted by Crippen LogP contribution is -2.27. The molecule has 0 fully saturated rings. The van der Waals surface area contributed by atoms with Crippen molar-refractivity contribution in [2.24, 2.45) is 0 Å². The smallest absolute Gasteiger partial charge is 0.180 e. The van der Waals surface area contributed by atoms with Gasteiger partial charge in [0.15, 0.2) is 11.5 Å². The Kier molecular flexibility index (Phi) is 15.7. The summed E-state index contributed by atoms with van der Waals surface area (Å²) in [5, 5.41) is 3.98. The molecule has 0 spiro atoms. The molecule has 4 nitrogen and oxygen atoms in total. The zero-order valence-corrected chi connectivity index (χ0v) is 20.8. The molecule has 0 aliphatic carbocycles. The monoisotopic (exact) mass is 494 g/mol. The van der Waals surface area contributed by atoms with Crippen LogP contribution in [0, 0.1) is 5.82 Å². The topological polar surface area (TPSA) is 33.7 Å². The quantitative estimate of drug-likeness (QED) is 0.339. The van der Waals surface area contributed by atoms with Crippen LogP contribution in [0.3, 0.4) is 0 Å². The molecule has 0 aliphatic heterocycles. The van der Waals surface area contributed by atoms with Crippen LogP contribution in [-0.2, 0) is 13.2 Å². The van der Waals surface area contributed by atoms with Gasteiger partial charge in [-0.1, -0.05) is 37.6 Å². The first-order chi connectivity index (χ1) is 14.1. The van der Waals surface area contributed by atoms with Gasteiger partial charge in [0.05, 0.1) is 11.6 Å². The minimum absolute atomic E-state index is 0. The molecule has 8 heteroatoms. The summed E-state index contributed by atoms with van der Waals surface area (Å²) in [4.78, 5) is 2.42. The average molecular weight is 496 g/mol. The van der Waals surface area contributed by atoms with Crippen LogP contribution in [0.5, 0.6) is 11.5 Å². The van der Waals surface area contributed by atoms with E-state index in [1.165, 1.54) is 12.1 Å². The molecule has 1 N–H and O–H groups in total. The number of rotatable bonds is 13. The number of hydrogen-bond acceptors (Lipinski definition) is 4. The Bertz CT molecular complexity index is 744. The summed E-state index contributed by atoms with van der Waals surface area (Å²) >= 11 is 6.48. The summed E-state index contributed by atoms with van der Waals surface area (Å²) in [6, 6.07) is 10.1. The third-order valence-corrected chi connectivity index (χ3v) is 5.00. The van der Waals surface area contributed by atoms with E-state index < -0.39 is 0 Å². The molecular weight excluding hydrogens is 462 g/mol. The van der Waals surface area contributed by atoms with Gasteiger partial charge in [-0.2, -0.15) is 0 Å². The second kappa shape index (κ2) is 16.4. The average Bonchev–Trinajstić information content (AvgIpc) is 2.71. The number of nitrogens with one attached hydrogen (secondary N) is 1. The molecular formula is C23H34Cl3FN2O2. The van der Waals surface area contributed by atoms with Gasteiger partial charge in [-0.3, -0.25) is 0 Å². The third-order valence-electron chi connectivity index (χ3n) is 4.72. The van der Waals surface area contributed by atoms with Crippen LogP contribution in [0.1, 0.15) is 38.3 Å². The zero-order valence-electron chi connectivity index (χ0n) is 18.5. The van der Waals surface area contributed by atoms with Crippen LogP contribution in [0.4, 0.5) is 4.39 Å². The number of ether oxygens (including phenoxy) is 2. The standard InChI is InChI=1S/C23H32ClFN2O2.2ClH/c1-4-27(5-2)13-7-12-26-16-19-14-21(24)23(22(15-19)28-6-3)29-17-18-8-10-20(25)11-9-18;;/h8-11,14-15,26H,4-7,12-13,16-17H2,1-3H3;2*1H. The van der Waals surface area contributed by atoms with E-state index in [4.69, 9.17) is 21.1 Å². The minimum Gasteiger partial charge on any atom is -0.490 e. The van der Waals surface area contributed by atoms with Gasteiger partial charge >= 0.3 is 0 Å². The van der Waals surface area contributed by atoms with Crippen molar-refractivity contribution in [3.05, 3.63) is 58.4 Å². The molecule has 2 rings (SSSR count). The largest absolute Gasteiger partial charge is 0.490 e. The molecule has 0 bridgehead atoms. The fraction of sp³-hybridized carbons (Fsp3) is 0.478. The van der Waals surface area contributed by atoms with E-state index >= 15 is 0 Å². The van der Waals surface area contributed by atoms with Gasteiger partial charge in [-0.15, -0.1) is 24.8 Å². The summed E-state index contributed by atoms with van der Waals surface area (Å²) in [5.74, 6) is 0.876. The molecule has 0 saturated heterocycles. The molecule has 31 heavy (non-hydrogen) atoms. The van der Waals surface area contributed by atoms with Crippen molar-refractivity contribution in [1.29, 1.82) is 0 Å². The van der Waals surface area contributed by atoms with Gasteiger partial charge in [-0.05, 0) is 74.9 Å². The van der Waals surface area contributed by atoms with E-state index in [1.807, 2.05) is 19.1 Å². The van der Waals surface area contributed by atoms with Gasteiger partial charge in [0.2, 0.25) is 0 Å². The summed E-state index contributed by atoms with van der Waals surface area (Å²) < 4.78 is 24.7. The molecule has 0 aliphatic rings. The molecule has 0 unspecified atom stereocenters.